The molecular weight excluding hydrogens is 472 g/mol. The topological polar surface area (TPSA) is 85.2 Å². The second-order valence-electron chi connectivity index (χ2n) is 11.2. The van der Waals surface area contributed by atoms with Gasteiger partial charge in [-0.2, -0.15) is 0 Å². The Morgan fingerprint density at radius 2 is 1.61 bits per heavy atom. The lowest BCUT2D eigenvalue weighted by Crippen LogP contribution is -2.66. The molecule has 0 saturated carbocycles. The van der Waals surface area contributed by atoms with Gasteiger partial charge in [0, 0.05) is 19.4 Å². The molecule has 0 aliphatic carbocycles. The number of fused-ring (bicyclic) bond motifs is 1. The summed E-state index contributed by atoms with van der Waals surface area (Å²) in [4.78, 5) is 11.0. The van der Waals surface area contributed by atoms with Crippen molar-refractivity contribution in [3.8, 4) is 0 Å². The van der Waals surface area contributed by atoms with E-state index in [4.69, 9.17) is 19.0 Å². The van der Waals surface area contributed by atoms with Gasteiger partial charge in [0.2, 0.25) is 0 Å². The number of aliphatic hydroxyl groups excluding tert-OH is 1. The van der Waals surface area contributed by atoms with Crippen molar-refractivity contribution in [2.75, 3.05) is 13.2 Å². The summed E-state index contributed by atoms with van der Waals surface area (Å²) in [6.07, 6.45) is 3.00. The van der Waals surface area contributed by atoms with Crippen LogP contribution in [0.25, 0.3) is 0 Å². The van der Waals surface area contributed by atoms with E-state index in [2.05, 4.69) is 69.3 Å². The fourth-order valence-electron chi connectivity index (χ4n) is 6.07. The fraction of sp³-hybridized carbons (Fsp3) is 0.552. The van der Waals surface area contributed by atoms with E-state index in [1.165, 1.54) is 10.4 Å². The first-order chi connectivity index (χ1) is 17.2. The van der Waals surface area contributed by atoms with Crippen molar-refractivity contribution in [2.45, 2.75) is 88.2 Å². The van der Waals surface area contributed by atoms with Crippen LogP contribution in [0.4, 0.5) is 0 Å². The highest BCUT2D eigenvalue weighted by atomic mass is 28.4. The highest BCUT2D eigenvalue weighted by Crippen LogP contribution is 2.43. The average Bonchev–Trinajstić information content (AvgIpc) is 3.24. The third-order valence-electron chi connectivity index (χ3n) is 7.79. The predicted octanol–water partition coefficient (Wildman–Crippen LogP) is 3.89. The maximum Gasteiger partial charge on any atom is 0.303 e. The number of aliphatic carboxylic acids is 1. The molecule has 0 amide bonds. The van der Waals surface area contributed by atoms with Crippen molar-refractivity contribution in [1.82, 2.24) is 0 Å². The Kier molecular flexibility index (Phi) is 8.37. The van der Waals surface area contributed by atoms with Gasteiger partial charge < -0.3 is 24.1 Å². The van der Waals surface area contributed by atoms with Crippen LogP contribution in [0.15, 0.2) is 60.7 Å². The average molecular weight is 513 g/mol. The largest absolute Gasteiger partial charge is 0.481 e. The minimum absolute atomic E-state index is 0.0339. The van der Waals surface area contributed by atoms with E-state index in [1.807, 2.05) is 12.1 Å². The number of benzene rings is 2. The number of carboxylic acids is 1. The monoisotopic (exact) mass is 512 g/mol. The van der Waals surface area contributed by atoms with Crippen LogP contribution >= 0.6 is 0 Å². The van der Waals surface area contributed by atoms with E-state index in [1.54, 1.807) is 0 Å². The number of hydrogen-bond acceptors (Lipinski definition) is 5. The molecule has 2 aliphatic rings. The van der Waals surface area contributed by atoms with Crippen LogP contribution in [0.3, 0.4) is 0 Å². The Balaban J connectivity index is 1.49. The van der Waals surface area contributed by atoms with Crippen LogP contribution < -0.4 is 10.4 Å². The molecule has 4 unspecified atom stereocenters. The summed E-state index contributed by atoms with van der Waals surface area (Å²) in [6, 6.07) is 21.2. The molecule has 0 bridgehead atoms. The van der Waals surface area contributed by atoms with Gasteiger partial charge >= 0.3 is 5.97 Å². The summed E-state index contributed by atoms with van der Waals surface area (Å²) in [7, 11) is -2.61. The van der Waals surface area contributed by atoms with Gasteiger partial charge in [-0.25, -0.2) is 0 Å². The predicted molar refractivity (Wildman–Crippen MR) is 142 cm³/mol. The Morgan fingerprint density at radius 1 is 1.00 bits per heavy atom. The van der Waals surface area contributed by atoms with Gasteiger partial charge in [-0.15, -0.1) is 0 Å². The van der Waals surface area contributed by atoms with Crippen LogP contribution in [-0.4, -0.2) is 61.6 Å². The quantitative estimate of drug-likeness (QED) is 0.470. The molecular formula is C29H40O6Si. The molecule has 6 nitrogen and oxygen atoms in total. The van der Waals surface area contributed by atoms with Crippen LogP contribution in [0, 0.1) is 0 Å². The van der Waals surface area contributed by atoms with Crippen molar-refractivity contribution in [3.05, 3.63) is 60.7 Å². The summed E-state index contributed by atoms with van der Waals surface area (Å²) < 4.78 is 19.6. The number of ether oxygens (including phenoxy) is 2. The standard InChI is InChI=1S/C29H40O6Si/c1-28(2,3)36(24-10-6-4-7-11-24,25-12-8-5-9-13-25)33-19-18-22-14-16-26-29(21-30,35-22)20-23(34-26)15-17-27(31)32/h4-13,22-23,26,30H,14-21H2,1-3H3,(H,31,32). The number of aliphatic hydroxyl groups is 1. The van der Waals surface area contributed by atoms with E-state index in [9.17, 15) is 9.90 Å². The molecule has 7 heteroatoms. The molecule has 2 aromatic rings. The minimum atomic E-state index is -2.61. The summed E-state index contributed by atoms with van der Waals surface area (Å²) in [5, 5.41) is 21.7. The van der Waals surface area contributed by atoms with E-state index in [0.29, 0.717) is 19.4 Å². The Bertz CT molecular complexity index is 952. The first-order valence-electron chi connectivity index (χ1n) is 13.1. The molecule has 2 aliphatic heterocycles. The first kappa shape index (κ1) is 27.0. The molecule has 2 fully saturated rings. The van der Waals surface area contributed by atoms with Gasteiger partial charge in [0.1, 0.15) is 5.60 Å². The maximum atomic E-state index is 11.0. The summed E-state index contributed by atoms with van der Waals surface area (Å²) in [5.41, 5.74) is -0.747. The maximum absolute atomic E-state index is 11.0. The van der Waals surface area contributed by atoms with Crippen molar-refractivity contribution >= 4 is 24.7 Å². The summed E-state index contributed by atoms with van der Waals surface area (Å²) in [6.45, 7) is 7.26. The Labute approximate surface area is 215 Å². The molecule has 0 spiro atoms. The van der Waals surface area contributed by atoms with Gasteiger partial charge in [-0.05, 0) is 41.1 Å². The van der Waals surface area contributed by atoms with Crippen LogP contribution in [-0.2, 0) is 18.7 Å². The number of hydrogen-bond donors (Lipinski definition) is 2. The second kappa shape index (κ2) is 11.2. The lowest BCUT2D eigenvalue weighted by molar-refractivity contribution is -0.185. The number of carbonyl (C=O) groups is 1. The van der Waals surface area contributed by atoms with Gasteiger partial charge in [-0.1, -0.05) is 81.4 Å². The lowest BCUT2D eigenvalue weighted by atomic mass is 9.86. The third kappa shape index (κ3) is 5.45. The summed E-state index contributed by atoms with van der Waals surface area (Å²) >= 11 is 0. The fourth-order valence-corrected chi connectivity index (χ4v) is 10.7. The molecule has 196 valence electrons. The lowest BCUT2D eigenvalue weighted by Gasteiger charge is -2.44. The molecule has 4 rings (SSSR count). The molecule has 0 radical (unpaired) electrons. The van der Waals surface area contributed by atoms with Crippen molar-refractivity contribution in [1.29, 1.82) is 0 Å². The SMILES string of the molecule is CC(C)(C)[Si](OCCC1CCC2OC(CCC(=O)O)CC2(CO)O1)(c1ccccc1)c1ccccc1. The zero-order valence-electron chi connectivity index (χ0n) is 21.7. The first-order valence-corrected chi connectivity index (χ1v) is 15.0. The highest BCUT2D eigenvalue weighted by molar-refractivity contribution is 6.99. The van der Waals surface area contributed by atoms with Crippen molar-refractivity contribution in [3.63, 3.8) is 0 Å². The highest BCUT2D eigenvalue weighted by Gasteiger charge is 2.53. The zero-order chi connectivity index (χ0) is 25.8. The van der Waals surface area contributed by atoms with Gasteiger partial charge in [0.15, 0.2) is 0 Å². The zero-order valence-corrected chi connectivity index (χ0v) is 22.7. The van der Waals surface area contributed by atoms with Crippen LogP contribution in [0.1, 0.15) is 59.3 Å². The van der Waals surface area contributed by atoms with E-state index >= 15 is 0 Å². The number of carboxylic acid groups (broad SMARTS) is 1. The van der Waals surface area contributed by atoms with Crippen LogP contribution in [0.2, 0.25) is 5.04 Å². The van der Waals surface area contributed by atoms with Gasteiger partial charge in [-0.3, -0.25) is 4.79 Å². The molecule has 0 aromatic heterocycles. The van der Waals surface area contributed by atoms with Crippen LogP contribution in [0.5, 0.6) is 0 Å². The van der Waals surface area contributed by atoms with E-state index in [0.717, 1.165) is 19.3 Å². The molecule has 2 N–H and O–H groups in total. The smallest absolute Gasteiger partial charge is 0.303 e. The number of rotatable bonds is 10. The summed E-state index contributed by atoms with van der Waals surface area (Å²) in [5.74, 6) is -0.828. The normalized spacial score (nSPS) is 26.5. The van der Waals surface area contributed by atoms with E-state index < -0.39 is 19.9 Å². The van der Waals surface area contributed by atoms with Crippen molar-refractivity contribution < 1.29 is 28.9 Å². The van der Waals surface area contributed by atoms with Crippen molar-refractivity contribution in [2.24, 2.45) is 0 Å². The molecule has 2 aromatic carbocycles. The Morgan fingerprint density at radius 3 is 2.14 bits per heavy atom. The minimum Gasteiger partial charge on any atom is -0.481 e. The van der Waals surface area contributed by atoms with E-state index in [-0.39, 0.29) is 36.4 Å². The molecule has 36 heavy (non-hydrogen) atoms. The third-order valence-corrected chi connectivity index (χ3v) is 12.8. The second-order valence-corrected chi connectivity index (χ2v) is 15.5. The molecule has 2 heterocycles. The molecule has 4 atom stereocenters. The van der Waals surface area contributed by atoms with Gasteiger partial charge in [0.25, 0.3) is 8.32 Å². The van der Waals surface area contributed by atoms with Gasteiger partial charge in [0.05, 0.1) is 24.9 Å². The Hall–Kier alpha value is -2.03. The molecule has 2 saturated heterocycles.